The molecule has 1 saturated carbocycles. The van der Waals surface area contributed by atoms with E-state index in [0.717, 1.165) is 0 Å². The smallest absolute Gasteiger partial charge is 0.0181 e. The fourth-order valence-corrected chi connectivity index (χ4v) is 5.39. The number of rotatable bonds is 2. The largest absolute Gasteiger partial charge is 0.298 e. The van der Waals surface area contributed by atoms with Crippen molar-refractivity contribution in [2.75, 3.05) is 32.4 Å². The third-order valence-corrected chi connectivity index (χ3v) is 7.41. The third kappa shape index (κ3) is 3.05. The average molecular weight is 297 g/mol. The maximum atomic E-state index is 2.82. The quantitative estimate of drug-likeness (QED) is 0.706. The minimum Gasteiger partial charge on any atom is -0.298 e. The van der Waals surface area contributed by atoms with Gasteiger partial charge in [-0.05, 0) is 83.1 Å². The standard InChI is InChI=1S/C17H32N2S/c1-16(18-12-3-4-13-18)6-5-7-17(9-8-16)10-14-19(20-2)15-11-17/h3-15H2,1-2H3. The molecule has 0 aromatic carbocycles. The van der Waals surface area contributed by atoms with Crippen LogP contribution >= 0.6 is 11.9 Å². The molecule has 3 aliphatic rings. The van der Waals surface area contributed by atoms with E-state index in [0.29, 0.717) is 11.0 Å². The van der Waals surface area contributed by atoms with Crippen LogP contribution in [0.3, 0.4) is 0 Å². The lowest BCUT2D eigenvalue weighted by atomic mass is 9.72. The van der Waals surface area contributed by atoms with Crippen molar-refractivity contribution >= 4 is 11.9 Å². The second-order valence-electron chi connectivity index (χ2n) is 7.66. The van der Waals surface area contributed by atoms with Crippen molar-refractivity contribution in [3.8, 4) is 0 Å². The Morgan fingerprint density at radius 3 is 2.10 bits per heavy atom. The summed E-state index contributed by atoms with van der Waals surface area (Å²) in [6.45, 7) is 7.94. The van der Waals surface area contributed by atoms with Crippen LogP contribution < -0.4 is 0 Å². The number of hydrogen-bond donors (Lipinski definition) is 0. The minimum atomic E-state index is 0.524. The van der Waals surface area contributed by atoms with E-state index in [1.54, 1.807) is 0 Å². The Labute approximate surface area is 129 Å². The molecule has 3 rings (SSSR count). The summed E-state index contributed by atoms with van der Waals surface area (Å²) in [6.07, 6.45) is 15.3. The van der Waals surface area contributed by atoms with Crippen LogP contribution in [-0.4, -0.2) is 47.2 Å². The fraction of sp³-hybridized carbons (Fsp3) is 1.00. The molecular formula is C17H32N2S. The van der Waals surface area contributed by atoms with Gasteiger partial charge in [0.1, 0.15) is 0 Å². The summed E-state index contributed by atoms with van der Waals surface area (Å²) in [5.41, 5.74) is 1.22. The first kappa shape index (κ1) is 15.2. The highest BCUT2D eigenvalue weighted by Crippen LogP contribution is 2.48. The molecule has 1 unspecified atom stereocenters. The first-order valence-corrected chi connectivity index (χ1v) is 9.88. The zero-order valence-corrected chi connectivity index (χ0v) is 14.3. The van der Waals surface area contributed by atoms with Gasteiger partial charge < -0.3 is 0 Å². The van der Waals surface area contributed by atoms with Crippen LogP contribution in [0.4, 0.5) is 0 Å². The molecule has 20 heavy (non-hydrogen) atoms. The van der Waals surface area contributed by atoms with Crippen molar-refractivity contribution in [3.63, 3.8) is 0 Å². The van der Waals surface area contributed by atoms with E-state index >= 15 is 0 Å². The topological polar surface area (TPSA) is 6.48 Å². The lowest BCUT2D eigenvalue weighted by molar-refractivity contribution is 0.0978. The van der Waals surface area contributed by atoms with E-state index in [1.165, 1.54) is 84.0 Å². The maximum Gasteiger partial charge on any atom is 0.0181 e. The second kappa shape index (κ2) is 6.18. The highest BCUT2D eigenvalue weighted by atomic mass is 32.2. The van der Waals surface area contributed by atoms with E-state index in [9.17, 15) is 0 Å². The Kier molecular flexibility index (Phi) is 4.69. The average Bonchev–Trinajstić information content (AvgIpc) is 2.96. The summed E-state index contributed by atoms with van der Waals surface area (Å²) in [7, 11) is 0. The van der Waals surface area contributed by atoms with E-state index in [1.807, 2.05) is 11.9 Å². The summed E-state index contributed by atoms with van der Waals surface area (Å²) in [4.78, 5) is 2.82. The molecule has 0 bridgehead atoms. The van der Waals surface area contributed by atoms with Gasteiger partial charge in [0.05, 0.1) is 0 Å². The number of piperidine rings is 1. The normalized spacial score (nSPS) is 36.3. The van der Waals surface area contributed by atoms with Crippen molar-refractivity contribution in [1.82, 2.24) is 9.21 Å². The van der Waals surface area contributed by atoms with Gasteiger partial charge in [0.25, 0.3) is 0 Å². The lowest BCUT2D eigenvalue weighted by Crippen LogP contribution is -2.44. The van der Waals surface area contributed by atoms with Gasteiger partial charge in [-0.1, -0.05) is 18.4 Å². The van der Waals surface area contributed by atoms with Crippen LogP contribution in [0.25, 0.3) is 0 Å². The molecule has 2 aliphatic heterocycles. The van der Waals surface area contributed by atoms with Gasteiger partial charge in [-0.15, -0.1) is 0 Å². The van der Waals surface area contributed by atoms with Crippen molar-refractivity contribution in [1.29, 1.82) is 0 Å². The predicted octanol–water partition coefficient (Wildman–Crippen LogP) is 4.17. The summed E-state index contributed by atoms with van der Waals surface area (Å²) < 4.78 is 2.57. The molecule has 2 nitrogen and oxygen atoms in total. The molecule has 0 radical (unpaired) electrons. The Hall–Kier alpha value is 0.270. The second-order valence-corrected chi connectivity index (χ2v) is 8.54. The SMILES string of the molecule is CSN1CCC2(CCCC(C)(N3CCCC3)CC2)CC1. The highest BCUT2D eigenvalue weighted by Gasteiger charge is 2.42. The first-order valence-electron chi connectivity index (χ1n) is 8.70. The number of hydrogen-bond acceptors (Lipinski definition) is 3. The predicted molar refractivity (Wildman–Crippen MR) is 89.1 cm³/mol. The van der Waals surface area contributed by atoms with Gasteiger partial charge >= 0.3 is 0 Å². The zero-order valence-electron chi connectivity index (χ0n) is 13.5. The van der Waals surface area contributed by atoms with Crippen LogP contribution in [0.1, 0.15) is 64.7 Å². The molecule has 1 atom stereocenters. The van der Waals surface area contributed by atoms with Gasteiger partial charge in [-0.3, -0.25) is 9.21 Å². The van der Waals surface area contributed by atoms with Gasteiger partial charge in [0, 0.05) is 18.6 Å². The molecule has 116 valence electrons. The van der Waals surface area contributed by atoms with E-state index < -0.39 is 0 Å². The summed E-state index contributed by atoms with van der Waals surface area (Å²) in [5.74, 6) is 0. The summed E-state index contributed by atoms with van der Waals surface area (Å²) in [6, 6.07) is 0. The molecule has 0 aromatic heterocycles. The zero-order chi connectivity index (χ0) is 14.1. The van der Waals surface area contributed by atoms with E-state index in [2.05, 4.69) is 22.4 Å². The molecule has 2 saturated heterocycles. The third-order valence-electron chi connectivity index (χ3n) is 6.53. The number of nitrogens with zero attached hydrogens (tertiary/aromatic N) is 2. The van der Waals surface area contributed by atoms with Crippen LogP contribution in [0.2, 0.25) is 0 Å². The Bertz CT molecular complexity index is 319. The van der Waals surface area contributed by atoms with Crippen LogP contribution in [0, 0.1) is 5.41 Å². The van der Waals surface area contributed by atoms with Crippen molar-refractivity contribution in [3.05, 3.63) is 0 Å². The van der Waals surface area contributed by atoms with Crippen molar-refractivity contribution in [2.24, 2.45) is 5.41 Å². The summed E-state index contributed by atoms with van der Waals surface area (Å²) >= 11 is 1.94. The van der Waals surface area contributed by atoms with Gasteiger partial charge in [0.2, 0.25) is 0 Å². The van der Waals surface area contributed by atoms with Gasteiger partial charge in [-0.2, -0.15) is 0 Å². The first-order chi connectivity index (χ1) is 9.66. The van der Waals surface area contributed by atoms with Crippen molar-refractivity contribution < 1.29 is 0 Å². The Morgan fingerprint density at radius 1 is 0.750 bits per heavy atom. The van der Waals surface area contributed by atoms with Gasteiger partial charge in [0.15, 0.2) is 0 Å². The molecular weight excluding hydrogens is 264 g/mol. The van der Waals surface area contributed by atoms with Crippen molar-refractivity contribution in [2.45, 2.75) is 70.3 Å². The van der Waals surface area contributed by atoms with Crippen LogP contribution in [0.5, 0.6) is 0 Å². The monoisotopic (exact) mass is 296 g/mol. The van der Waals surface area contributed by atoms with Crippen LogP contribution in [0.15, 0.2) is 0 Å². The maximum absolute atomic E-state index is 2.82. The number of likely N-dealkylation sites (tertiary alicyclic amines) is 1. The summed E-state index contributed by atoms with van der Waals surface area (Å²) in [5, 5.41) is 0. The molecule has 0 aromatic rings. The molecule has 0 N–H and O–H groups in total. The highest BCUT2D eigenvalue weighted by molar-refractivity contribution is 7.96. The lowest BCUT2D eigenvalue weighted by Gasteiger charge is -2.42. The van der Waals surface area contributed by atoms with E-state index in [4.69, 9.17) is 0 Å². The molecule has 0 amide bonds. The molecule has 3 heteroatoms. The molecule has 1 aliphatic carbocycles. The molecule has 3 fully saturated rings. The Balaban J connectivity index is 1.62. The van der Waals surface area contributed by atoms with Crippen LogP contribution in [-0.2, 0) is 0 Å². The fourth-order valence-electron chi connectivity index (χ4n) is 4.84. The molecule has 1 spiro atoms. The molecule has 2 heterocycles. The Morgan fingerprint density at radius 2 is 1.45 bits per heavy atom. The van der Waals surface area contributed by atoms with E-state index in [-0.39, 0.29) is 0 Å². The van der Waals surface area contributed by atoms with Gasteiger partial charge in [-0.25, -0.2) is 0 Å². The minimum absolute atomic E-state index is 0.524.